The predicted molar refractivity (Wildman–Crippen MR) is 105 cm³/mol. The smallest absolute Gasteiger partial charge is 0.336 e. The van der Waals surface area contributed by atoms with Gasteiger partial charge in [0.05, 0.1) is 6.54 Å². The molecule has 3 aromatic rings. The van der Waals surface area contributed by atoms with Crippen LogP contribution in [0.1, 0.15) is 24.4 Å². The third-order valence-electron chi connectivity index (χ3n) is 4.61. The first kappa shape index (κ1) is 18.0. The molecule has 1 aliphatic rings. The van der Waals surface area contributed by atoms with Crippen molar-refractivity contribution in [3.63, 3.8) is 0 Å². The molecule has 0 bridgehead atoms. The van der Waals surface area contributed by atoms with E-state index in [1.165, 1.54) is 4.68 Å². The molecule has 0 saturated heterocycles. The number of pyridine rings is 1. The zero-order valence-corrected chi connectivity index (χ0v) is 15.4. The molecule has 8 nitrogen and oxygen atoms in total. The number of rotatable bonds is 7. The number of aromatic nitrogens is 4. The highest BCUT2D eigenvalue weighted by Crippen LogP contribution is 2.36. The van der Waals surface area contributed by atoms with Crippen LogP contribution in [0.25, 0.3) is 11.4 Å². The third-order valence-corrected chi connectivity index (χ3v) is 4.61. The summed E-state index contributed by atoms with van der Waals surface area (Å²) in [5.74, 6) is 0.633. The molecule has 0 radical (unpaired) electrons. The lowest BCUT2D eigenvalue weighted by molar-refractivity contribution is 0.240. The van der Waals surface area contributed by atoms with Crippen LogP contribution in [0.2, 0.25) is 0 Å². The van der Waals surface area contributed by atoms with E-state index in [0.717, 1.165) is 24.0 Å². The largest absolute Gasteiger partial charge is 0.346 e. The van der Waals surface area contributed by atoms with Gasteiger partial charge in [0.2, 0.25) is 0 Å². The van der Waals surface area contributed by atoms with Crippen molar-refractivity contribution in [2.45, 2.75) is 32.0 Å². The standard InChI is InChI=1S/C20H22N6O2/c27-19(23-13-15-5-2-1-3-6-15)22-11-12-25-20(28)26(17-8-9-17)18(24-25)16-7-4-10-21-14-16/h1-7,10,14,17H,8-9,11-13H2,(H2,22,23,27). The average Bonchev–Trinajstić information content (AvgIpc) is 3.52. The normalized spacial score (nSPS) is 13.3. The zero-order chi connectivity index (χ0) is 19.3. The molecule has 0 spiro atoms. The second-order valence-corrected chi connectivity index (χ2v) is 6.77. The first-order chi connectivity index (χ1) is 13.7. The van der Waals surface area contributed by atoms with Crippen molar-refractivity contribution in [3.05, 3.63) is 70.9 Å². The summed E-state index contributed by atoms with van der Waals surface area (Å²) in [5, 5.41) is 10.1. The topological polar surface area (TPSA) is 93.8 Å². The van der Waals surface area contributed by atoms with E-state index >= 15 is 0 Å². The Balaban J connectivity index is 1.37. The first-order valence-corrected chi connectivity index (χ1v) is 9.38. The van der Waals surface area contributed by atoms with Crippen LogP contribution in [0.15, 0.2) is 59.7 Å². The summed E-state index contributed by atoms with van der Waals surface area (Å²) in [6, 6.07) is 13.3. The van der Waals surface area contributed by atoms with Gasteiger partial charge in [-0.3, -0.25) is 9.55 Å². The number of amides is 2. The quantitative estimate of drug-likeness (QED) is 0.657. The second-order valence-electron chi connectivity index (χ2n) is 6.77. The van der Waals surface area contributed by atoms with Gasteiger partial charge in [0, 0.05) is 37.1 Å². The van der Waals surface area contributed by atoms with Crippen molar-refractivity contribution in [3.8, 4) is 11.4 Å². The number of urea groups is 1. The number of hydrogen-bond acceptors (Lipinski definition) is 4. The van der Waals surface area contributed by atoms with Crippen molar-refractivity contribution in [1.29, 1.82) is 0 Å². The van der Waals surface area contributed by atoms with Gasteiger partial charge >= 0.3 is 11.7 Å². The molecule has 1 saturated carbocycles. The molecule has 0 atom stereocenters. The first-order valence-electron chi connectivity index (χ1n) is 9.38. The van der Waals surface area contributed by atoms with Gasteiger partial charge in [-0.2, -0.15) is 0 Å². The van der Waals surface area contributed by atoms with Gasteiger partial charge in [-0.25, -0.2) is 14.3 Å². The fourth-order valence-corrected chi connectivity index (χ4v) is 3.04. The van der Waals surface area contributed by atoms with Gasteiger partial charge in [0.25, 0.3) is 0 Å². The van der Waals surface area contributed by atoms with Crippen molar-refractivity contribution < 1.29 is 4.79 Å². The lowest BCUT2D eigenvalue weighted by Gasteiger charge is -2.07. The molecule has 8 heteroatoms. The summed E-state index contributed by atoms with van der Waals surface area (Å²) in [5.41, 5.74) is 1.70. The van der Waals surface area contributed by atoms with Gasteiger partial charge in [-0.05, 0) is 30.5 Å². The summed E-state index contributed by atoms with van der Waals surface area (Å²) in [6.45, 7) is 1.08. The highest BCUT2D eigenvalue weighted by atomic mass is 16.2. The molecule has 4 rings (SSSR count). The Morgan fingerprint density at radius 1 is 1.11 bits per heavy atom. The summed E-state index contributed by atoms with van der Waals surface area (Å²) in [6.07, 6.45) is 5.37. The molecule has 2 heterocycles. The van der Waals surface area contributed by atoms with Gasteiger partial charge in [0.1, 0.15) is 0 Å². The van der Waals surface area contributed by atoms with E-state index in [4.69, 9.17) is 0 Å². The van der Waals surface area contributed by atoms with Crippen LogP contribution < -0.4 is 16.3 Å². The van der Waals surface area contributed by atoms with E-state index in [2.05, 4.69) is 20.7 Å². The maximum Gasteiger partial charge on any atom is 0.346 e. The number of nitrogens with zero attached hydrogens (tertiary/aromatic N) is 4. The van der Waals surface area contributed by atoms with E-state index in [0.29, 0.717) is 25.5 Å². The van der Waals surface area contributed by atoms with E-state index in [9.17, 15) is 9.59 Å². The van der Waals surface area contributed by atoms with Crippen molar-refractivity contribution >= 4 is 6.03 Å². The van der Waals surface area contributed by atoms with Gasteiger partial charge in [-0.15, -0.1) is 5.10 Å². The van der Waals surface area contributed by atoms with E-state index in [1.54, 1.807) is 17.0 Å². The van der Waals surface area contributed by atoms with Crippen LogP contribution in [-0.4, -0.2) is 31.9 Å². The Bertz CT molecular complexity index is 993. The minimum atomic E-state index is -0.272. The Morgan fingerprint density at radius 2 is 1.93 bits per heavy atom. The lowest BCUT2D eigenvalue weighted by atomic mass is 10.2. The SMILES string of the molecule is O=C(NCCn1nc(-c2cccnc2)n(C2CC2)c1=O)NCc1ccccc1. The molecular formula is C20H22N6O2. The number of benzene rings is 1. The molecule has 28 heavy (non-hydrogen) atoms. The van der Waals surface area contributed by atoms with Crippen molar-refractivity contribution in [2.24, 2.45) is 0 Å². The Labute approximate surface area is 162 Å². The molecule has 1 aromatic carbocycles. The highest BCUT2D eigenvalue weighted by molar-refractivity contribution is 5.73. The maximum absolute atomic E-state index is 12.7. The molecule has 2 aromatic heterocycles. The monoisotopic (exact) mass is 378 g/mol. The van der Waals surface area contributed by atoms with Crippen LogP contribution in [0.5, 0.6) is 0 Å². The third kappa shape index (κ3) is 4.11. The molecule has 2 amide bonds. The van der Waals surface area contributed by atoms with Crippen molar-refractivity contribution in [1.82, 2.24) is 30.0 Å². The summed E-state index contributed by atoms with van der Waals surface area (Å²) >= 11 is 0. The van der Waals surface area contributed by atoms with E-state index in [-0.39, 0.29) is 17.8 Å². The summed E-state index contributed by atoms with van der Waals surface area (Å²) < 4.78 is 3.16. The highest BCUT2D eigenvalue weighted by Gasteiger charge is 2.30. The number of hydrogen-bond donors (Lipinski definition) is 2. The van der Waals surface area contributed by atoms with Crippen LogP contribution in [0.3, 0.4) is 0 Å². The number of carbonyl (C=O) groups excluding carboxylic acids is 1. The van der Waals surface area contributed by atoms with Gasteiger partial charge in [0.15, 0.2) is 5.82 Å². The summed E-state index contributed by atoms with van der Waals surface area (Å²) in [4.78, 5) is 28.8. The Hall–Kier alpha value is -3.42. The van der Waals surface area contributed by atoms with Gasteiger partial charge < -0.3 is 10.6 Å². The maximum atomic E-state index is 12.7. The van der Waals surface area contributed by atoms with Crippen LogP contribution >= 0.6 is 0 Å². The van der Waals surface area contributed by atoms with Crippen LogP contribution in [0.4, 0.5) is 4.79 Å². The van der Waals surface area contributed by atoms with Crippen molar-refractivity contribution in [2.75, 3.05) is 6.54 Å². The van der Waals surface area contributed by atoms with Crippen LogP contribution in [0, 0.1) is 0 Å². The number of nitrogens with one attached hydrogen (secondary N) is 2. The minimum Gasteiger partial charge on any atom is -0.336 e. The Kier molecular flexibility index (Phi) is 5.18. The molecule has 1 fully saturated rings. The molecule has 0 aliphatic heterocycles. The fourth-order valence-electron chi connectivity index (χ4n) is 3.04. The minimum absolute atomic E-state index is 0.146. The lowest BCUT2D eigenvalue weighted by Crippen LogP contribution is -2.38. The van der Waals surface area contributed by atoms with Crippen LogP contribution in [-0.2, 0) is 13.1 Å². The second kappa shape index (κ2) is 8.08. The van der Waals surface area contributed by atoms with E-state index < -0.39 is 0 Å². The predicted octanol–water partition coefficient (Wildman–Crippen LogP) is 1.94. The van der Waals surface area contributed by atoms with Gasteiger partial charge in [-0.1, -0.05) is 30.3 Å². The summed E-state index contributed by atoms with van der Waals surface area (Å²) in [7, 11) is 0. The zero-order valence-electron chi connectivity index (χ0n) is 15.4. The van der Waals surface area contributed by atoms with E-state index in [1.807, 2.05) is 42.5 Å². The molecular weight excluding hydrogens is 356 g/mol. The molecule has 1 aliphatic carbocycles. The average molecular weight is 378 g/mol. The number of carbonyl (C=O) groups is 1. The molecule has 0 unspecified atom stereocenters. The molecule has 144 valence electrons. The fraction of sp³-hybridized carbons (Fsp3) is 0.300. The molecule has 2 N–H and O–H groups in total. The Morgan fingerprint density at radius 3 is 2.64 bits per heavy atom.